The van der Waals surface area contributed by atoms with Crippen molar-refractivity contribution in [2.45, 2.75) is 59.8 Å². The van der Waals surface area contributed by atoms with Gasteiger partial charge in [-0.3, -0.25) is 4.79 Å². The minimum atomic E-state index is -0.0503. The number of nitrogens with zero attached hydrogens (tertiary/aromatic N) is 5. The molecule has 0 spiro atoms. The minimum absolute atomic E-state index is 0.0503. The van der Waals surface area contributed by atoms with Crippen LogP contribution in [0.1, 0.15) is 66.9 Å². The lowest BCUT2D eigenvalue weighted by molar-refractivity contribution is 0.0781. The van der Waals surface area contributed by atoms with E-state index in [0.717, 1.165) is 60.5 Å². The Bertz CT molecular complexity index is 1080. The quantitative estimate of drug-likeness (QED) is 0.622. The average molecular weight is 398 g/mol. The molecule has 5 rings (SSSR count). The number of carbonyl (C=O) groups excluding carboxylic acids is 1. The maximum absolute atomic E-state index is 12.8. The predicted octanol–water partition coefficient (Wildman–Crippen LogP) is 4.03. The van der Waals surface area contributed by atoms with E-state index in [2.05, 4.69) is 25.9 Å². The van der Waals surface area contributed by atoms with Crippen molar-refractivity contribution in [1.82, 2.24) is 24.5 Å². The highest BCUT2D eigenvalue weighted by Crippen LogP contribution is 2.43. The van der Waals surface area contributed by atoms with Crippen LogP contribution >= 0.6 is 11.3 Å². The van der Waals surface area contributed by atoms with E-state index >= 15 is 0 Å². The number of aromatic nitrogens is 4. The molecule has 0 N–H and O–H groups in total. The van der Waals surface area contributed by atoms with Gasteiger partial charge in [-0.05, 0) is 55.9 Å². The smallest absolute Gasteiger partial charge is 0.293 e. The number of hydrogen-bond acceptors (Lipinski definition) is 5. The molecule has 0 aromatic carbocycles. The maximum atomic E-state index is 12.8. The number of thiophene rings is 1. The van der Waals surface area contributed by atoms with Crippen molar-refractivity contribution in [3.8, 4) is 0 Å². The van der Waals surface area contributed by atoms with Gasteiger partial charge in [0.2, 0.25) is 5.82 Å². The first kappa shape index (κ1) is 18.0. The van der Waals surface area contributed by atoms with Gasteiger partial charge in [0.05, 0.1) is 5.39 Å². The third kappa shape index (κ3) is 2.74. The van der Waals surface area contributed by atoms with Crippen LogP contribution in [0.4, 0.5) is 0 Å². The molecule has 6 nitrogen and oxygen atoms in total. The maximum Gasteiger partial charge on any atom is 0.293 e. The van der Waals surface area contributed by atoms with E-state index in [-0.39, 0.29) is 5.91 Å². The molecule has 148 valence electrons. The zero-order valence-corrected chi connectivity index (χ0v) is 17.9. The number of amides is 1. The van der Waals surface area contributed by atoms with Crippen molar-refractivity contribution in [1.29, 1.82) is 0 Å². The summed E-state index contributed by atoms with van der Waals surface area (Å²) in [5.41, 5.74) is 2.50. The van der Waals surface area contributed by atoms with E-state index in [1.165, 1.54) is 16.9 Å². The molecular weight excluding hydrogens is 370 g/mol. The molecule has 1 fully saturated rings. The van der Waals surface area contributed by atoms with Gasteiger partial charge in [0, 0.05) is 18.0 Å². The Balaban J connectivity index is 1.63. The second-order valence-electron chi connectivity index (χ2n) is 9.32. The summed E-state index contributed by atoms with van der Waals surface area (Å²) in [6.07, 6.45) is 5.49. The molecular formula is C21H27N5OS. The Morgan fingerprint density at radius 1 is 1.18 bits per heavy atom. The van der Waals surface area contributed by atoms with Crippen LogP contribution in [0.3, 0.4) is 0 Å². The Hall–Kier alpha value is -2.02. The van der Waals surface area contributed by atoms with E-state index < -0.39 is 0 Å². The van der Waals surface area contributed by atoms with Crippen LogP contribution < -0.4 is 0 Å². The molecule has 3 aromatic rings. The van der Waals surface area contributed by atoms with Crippen LogP contribution in [0, 0.1) is 18.3 Å². The molecule has 0 radical (unpaired) electrons. The van der Waals surface area contributed by atoms with Crippen molar-refractivity contribution in [2.75, 3.05) is 13.1 Å². The zero-order chi connectivity index (χ0) is 19.6. The second kappa shape index (κ2) is 6.24. The van der Waals surface area contributed by atoms with Crippen LogP contribution in [-0.4, -0.2) is 43.5 Å². The summed E-state index contributed by atoms with van der Waals surface area (Å²) in [4.78, 5) is 26.7. The van der Waals surface area contributed by atoms with Gasteiger partial charge in [-0.15, -0.1) is 16.4 Å². The van der Waals surface area contributed by atoms with Crippen LogP contribution in [0.25, 0.3) is 15.9 Å². The van der Waals surface area contributed by atoms with Crippen molar-refractivity contribution in [3.05, 3.63) is 22.1 Å². The summed E-state index contributed by atoms with van der Waals surface area (Å²) in [7, 11) is 0. The third-order valence-corrected chi connectivity index (χ3v) is 7.60. The molecule has 2 aliphatic rings. The Kier molecular flexibility index (Phi) is 4.02. The summed E-state index contributed by atoms with van der Waals surface area (Å²) in [5.74, 6) is 1.74. The number of rotatable bonds is 1. The van der Waals surface area contributed by atoms with E-state index in [9.17, 15) is 4.79 Å². The molecule has 1 aliphatic carbocycles. The Morgan fingerprint density at radius 2 is 1.93 bits per heavy atom. The Labute approximate surface area is 169 Å². The second-order valence-corrected chi connectivity index (χ2v) is 10.4. The fraction of sp³-hybridized carbons (Fsp3) is 0.619. The number of fused-ring (bicyclic) bond motifs is 5. The molecule has 28 heavy (non-hydrogen) atoms. The highest BCUT2D eigenvalue weighted by Gasteiger charge is 2.32. The molecule has 1 amide bonds. The molecule has 1 aliphatic heterocycles. The zero-order valence-electron chi connectivity index (χ0n) is 17.1. The van der Waals surface area contributed by atoms with Gasteiger partial charge in [0.1, 0.15) is 10.7 Å². The van der Waals surface area contributed by atoms with Crippen LogP contribution in [0.2, 0.25) is 0 Å². The summed E-state index contributed by atoms with van der Waals surface area (Å²) in [5, 5.41) is 5.66. The molecule has 7 heteroatoms. The highest BCUT2D eigenvalue weighted by atomic mass is 32.1. The van der Waals surface area contributed by atoms with Gasteiger partial charge >= 0.3 is 0 Å². The van der Waals surface area contributed by atoms with Crippen molar-refractivity contribution in [2.24, 2.45) is 11.3 Å². The molecule has 4 heterocycles. The van der Waals surface area contributed by atoms with Gasteiger partial charge in [-0.1, -0.05) is 20.8 Å². The summed E-state index contributed by atoms with van der Waals surface area (Å²) >= 11 is 1.80. The lowest BCUT2D eigenvalue weighted by atomic mass is 9.72. The average Bonchev–Trinajstić information content (AvgIpc) is 3.37. The van der Waals surface area contributed by atoms with Gasteiger partial charge < -0.3 is 4.90 Å². The van der Waals surface area contributed by atoms with Gasteiger partial charge in [-0.25, -0.2) is 9.97 Å². The monoisotopic (exact) mass is 397 g/mol. The number of likely N-dealkylation sites (tertiary alicyclic amines) is 1. The summed E-state index contributed by atoms with van der Waals surface area (Å²) in [6, 6.07) is 0. The van der Waals surface area contributed by atoms with Gasteiger partial charge in [0.15, 0.2) is 5.65 Å². The van der Waals surface area contributed by atoms with Crippen LogP contribution in [-0.2, 0) is 12.8 Å². The number of carbonyl (C=O) groups is 1. The first-order valence-electron chi connectivity index (χ1n) is 10.3. The molecule has 0 bridgehead atoms. The van der Waals surface area contributed by atoms with E-state index in [1.54, 1.807) is 15.9 Å². The normalized spacial score (nSPS) is 20.3. The topological polar surface area (TPSA) is 63.4 Å². The molecule has 3 aromatic heterocycles. The highest BCUT2D eigenvalue weighted by molar-refractivity contribution is 7.19. The van der Waals surface area contributed by atoms with Crippen LogP contribution in [0.15, 0.2) is 0 Å². The SMILES string of the molecule is Cc1nc2sc3c(c2c2nc(C(=O)N4CCCC4)nn12)CCC(C(C)(C)C)C3. The first-order valence-corrected chi connectivity index (χ1v) is 11.1. The summed E-state index contributed by atoms with van der Waals surface area (Å²) in [6.45, 7) is 10.6. The van der Waals surface area contributed by atoms with Crippen molar-refractivity contribution < 1.29 is 4.79 Å². The Morgan fingerprint density at radius 3 is 2.64 bits per heavy atom. The molecule has 1 atom stereocenters. The van der Waals surface area contributed by atoms with Gasteiger partial charge in [0.25, 0.3) is 5.91 Å². The number of hydrogen-bond donors (Lipinski definition) is 0. The standard InChI is InChI=1S/C21H27N5OS/c1-12-22-19-16(14-8-7-13(21(2,3)4)11-15(14)28-19)18-23-17(24-26(12)18)20(27)25-9-5-6-10-25/h13H,5-11H2,1-4H3. The third-order valence-electron chi connectivity index (χ3n) is 6.46. The fourth-order valence-corrected chi connectivity index (χ4v) is 6.01. The van der Waals surface area contributed by atoms with Crippen molar-refractivity contribution in [3.63, 3.8) is 0 Å². The first-order chi connectivity index (χ1) is 13.3. The largest absolute Gasteiger partial charge is 0.336 e. The lowest BCUT2D eigenvalue weighted by Gasteiger charge is -2.33. The molecule has 0 saturated carbocycles. The summed E-state index contributed by atoms with van der Waals surface area (Å²) < 4.78 is 1.77. The van der Waals surface area contributed by atoms with Gasteiger partial charge in [-0.2, -0.15) is 4.52 Å². The fourth-order valence-electron chi connectivity index (χ4n) is 4.67. The van der Waals surface area contributed by atoms with E-state index in [0.29, 0.717) is 17.2 Å². The number of aryl methyl sites for hydroxylation is 2. The molecule has 1 saturated heterocycles. The van der Waals surface area contributed by atoms with Crippen LogP contribution in [0.5, 0.6) is 0 Å². The van der Waals surface area contributed by atoms with Crippen molar-refractivity contribution >= 4 is 33.1 Å². The van der Waals surface area contributed by atoms with E-state index in [4.69, 9.17) is 9.97 Å². The minimum Gasteiger partial charge on any atom is -0.336 e. The lowest BCUT2D eigenvalue weighted by Crippen LogP contribution is -2.28. The predicted molar refractivity (Wildman–Crippen MR) is 111 cm³/mol. The van der Waals surface area contributed by atoms with E-state index in [1.807, 2.05) is 11.8 Å². The molecule has 1 unspecified atom stereocenters.